The molecule has 0 unspecified atom stereocenters. The van der Waals surface area contributed by atoms with Crippen LogP contribution in [0.2, 0.25) is 5.02 Å². The minimum atomic E-state index is -4.75. The van der Waals surface area contributed by atoms with Crippen molar-refractivity contribution in [2.45, 2.75) is 26.6 Å². The number of benzene rings is 3. The van der Waals surface area contributed by atoms with E-state index in [1.165, 1.54) is 30.6 Å². The van der Waals surface area contributed by atoms with Gasteiger partial charge < -0.3 is 9.88 Å². The van der Waals surface area contributed by atoms with Crippen LogP contribution in [0.4, 0.5) is 24.5 Å². The molecule has 1 aromatic heterocycles. The average Bonchev–Trinajstić information content (AvgIpc) is 3.27. The van der Waals surface area contributed by atoms with Gasteiger partial charge in [0.1, 0.15) is 5.52 Å². The number of alkyl halides is 3. The van der Waals surface area contributed by atoms with Crippen molar-refractivity contribution in [3.63, 3.8) is 0 Å². The van der Waals surface area contributed by atoms with Crippen molar-refractivity contribution in [1.82, 2.24) is 9.55 Å². The number of imidazole rings is 1. The highest BCUT2D eigenvalue weighted by atomic mass is 35.5. The standard InChI is InChI=1S/C25H21ClF3N5O2/c1-3-33-13-31-22-17(23(35)32-20-10-6-9-19(26)14(20)2)11-15(12-21(22)33)34(30)24(36)16-7-4-5-8-18(16)25(27,28)29/h4-13H,3,30H2,1-2H3,(H,32,35). The van der Waals surface area contributed by atoms with Crippen molar-refractivity contribution in [1.29, 1.82) is 0 Å². The van der Waals surface area contributed by atoms with Crippen molar-refractivity contribution >= 4 is 45.8 Å². The second kappa shape index (κ2) is 9.63. The fourth-order valence-electron chi connectivity index (χ4n) is 3.81. The number of carbonyl (C=O) groups is 2. The molecule has 0 atom stereocenters. The van der Waals surface area contributed by atoms with Gasteiger partial charge in [-0.1, -0.05) is 29.8 Å². The van der Waals surface area contributed by atoms with Crippen LogP contribution in [-0.2, 0) is 12.7 Å². The van der Waals surface area contributed by atoms with E-state index in [-0.39, 0.29) is 11.3 Å². The van der Waals surface area contributed by atoms with Crippen molar-refractivity contribution in [3.8, 4) is 0 Å². The van der Waals surface area contributed by atoms with Gasteiger partial charge in [0, 0.05) is 17.3 Å². The van der Waals surface area contributed by atoms with E-state index < -0.39 is 29.1 Å². The van der Waals surface area contributed by atoms with Crippen LogP contribution in [0.25, 0.3) is 11.0 Å². The van der Waals surface area contributed by atoms with Crippen LogP contribution in [0.1, 0.15) is 38.8 Å². The number of rotatable bonds is 5. The summed E-state index contributed by atoms with van der Waals surface area (Å²) >= 11 is 6.16. The number of nitrogens with zero attached hydrogens (tertiary/aromatic N) is 3. The highest BCUT2D eigenvalue weighted by molar-refractivity contribution is 6.31. The van der Waals surface area contributed by atoms with E-state index >= 15 is 0 Å². The smallest absolute Gasteiger partial charge is 0.331 e. The molecule has 0 saturated heterocycles. The minimum absolute atomic E-state index is 0.0210. The number of amides is 2. The summed E-state index contributed by atoms with van der Waals surface area (Å²) in [4.78, 5) is 30.7. The lowest BCUT2D eigenvalue weighted by atomic mass is 10.1. The van der Waals surface area contributed by atoms with Crippen LogP contribution >= 0.6 is 11.6 Å². The average molecular weight is 516 g/mol. The second-order valence-corrected chi connectivity index (χ2v) is 8.38. The lowest BCUT2D eigenvalue weighted by molar-refractivity contribution is -0.137. The van der Waals surface area contributed by atoms with E-state index in [1.807, 2.05) is 6.92 Å². The first kappa shape index (κ1) is 25.2. The van der Waals surface area contributed by atoms with Gasteiger partial charge in [-0.15, -0.1) is 0 Å². The Balaban J connectivity index is 1.80. The molecule has 0 spiro atoms. The van der Waals surface area contributed by atoms with Gasteiger partial charge in [-0.3, -0.25) is 9.59 Å². The molecule has 3 N–H and O–H groups in total. The molecule has 0 aliphatic heterocycles. The Labute approximate surface area is 209 Å². The Morgan fingerprint density at radius 3 is 2.53 bits per heavy atom. The number of nitrogens with two attached hydrogens (primary N) is 1. The van der Waals surface area contributed by atoms with Crippen LogP contribution in [0.15, 0.2) is 60.9 Å². The molecule has 0 radical (unpaired) electrons. The zero-order valence-corrected chi connectivity index (χ0v) is 20.0. The molecular weight excluding hydrogens is 495 g/mol. The van der Waals surface area contributed by atoms with E-state index in [4.69, 9.17) is 17.4 Å². The maximum atomic E-state index is 13.5. The number of hydrazine groups is 1. The zero-order chi connectivity index (χ0) is 26.2. The number of hydrogen-bond donors (Lipinski definition) is 2. The fourth-order valence-corrected chi connectivity index (χ4v) is 3.98. The Morgan fingerprint density at radius 1 is 1.11 bits per heavy atom. The number of halogens is 4. The molecular formula is C25H21ClF3N5O2. The van der Waals surface area contributed by atoms with Gasteiger partial charge in [0.25, 0.3) is 11.8 Å². The van der Waals surface area contributed by atoms with Gasteiger partial charge >= 0.3 is 6.18 Å². The number of carbonyl (C=O) groups excluding carboxylic acids is 2. The number of aryl methyl sites for hydroxylation is 1. The molecule has 4 aromatic rings. The quantitative estimate of drug-likeness (QED) is 0.199. The van der Waals surface area contributed by atoms with Gasteiger partial charge in [-0.05, 0) is 55.8 Å². The SMILES string of the molecule is CCn1cnc2c(C(=O)Nc3cccc(Cl)c3C)cc(N(N)C(=O)c3ccccc3C(F)(F)F)cc21. The first-order valence-corrected chi connectivity index (χ1v) is 11.2. The Hall–Kier alpha value is -3.89. The third-order valence-corrected chi connectivity index (χ3v) is 6.18. The molecule has 0 aliphatic rings. The maximum absolute atomic E-state index is 13.5. The molecule has 0 saturated carbocycles. The topological polar surface area (TPSA) is 93.2 Å². The van der Waals surface area contributed by atoms with Gasteiger partial charge in [-0.2, -0.15) is 13.2 Å². The van der Waals surface area contributed by atoms with Crippen molar-refractivity contribution in [2.75, 3.05) is 10.3 Å². The van der Waals surface area contributed by atoms with Gasteiger partial charge in [-0.25, -0.2) is 15.8 Å². The molecule has 0 aliphatic carbocycles. The van der Waals surface area contributed by atoms with Crippen molar-refractivity contribution < 1.29 is 22.8 Å². The van der Waals surface area contributed by atoms with Gasteiger partial charge in [0.05, 0.1) is 34.2 Å². The second-order valence-electron chi connectivity index (χ2n) is 7.98. The van der Waals surface area contributed by atoms with Gasteiger partial charge in [0.15, 0.2) is 0 Å². The minimum Gasteiger partial charge on any atom is -0.331 e. The molecule has 3 aromatic carbocycles. The lowest BCUT2D eigenvalue weighted by Crippen LogP contribution is -2.38. The monoisotopic (exact) mass is 515 g/mol. The first-order chi connectivity index (χ1) is 17.0. The Kier molecular flexibility index (Phi) is 6.75. The summed E-state index contributed by atoms with van der Waals surface area (Å²) in [6, 6.07) is 12.2. The summed E-state index contributed by atoms with van der Waals surface area (Å²) in [5, 5.41) is 3.83. The third-order valence-electron chi connectivity index (χ3n) is 5.77. The fraction of sp³-hybridized carbons (Fsp3) is 0.160. The summed E-state index contributed by atoms with van der Waals surface area (Å²) < 4.78 is 42.2. The number of nitrogens with one attached hydrogen (secondary N) is 1. The highest BCUT2D eigenvalue weighted by Gasteiger charge is 2.36. The van der Waals surface area contributed by atoms with Crippen molar-refractivity contribution in [2.24, 2.45) is 5.84 Å². The Morgan fingerprint density at radius 2 is 1.83 bits per heavy atom. The molecule has 0 fully saturated rings. The van der Waals surface area contributed by atoms with E-state index in [0.29, 0.717) is 38.9 Å². The lowest BCUT2D eigenvalue weighted by Gasteiger charge is -2.20. The van der Waals surface area contributed by atoms with Crippen LogP contribution in [-0.4, -0.2) is 21.4 Å². The van der Waals surface area contributed by atoms with E-state index in [2.05, 4.69) is 10.3 Å². The third kappa shape index (κ3) is 4.65. The van der Waals surface area contributed by atoms with Crippen molar-refractivity contribution in [3.05, 3.63) is 88.2 Å². The Bertz CT molecular complexity index is 1480. The van der Waals surface area contributed by atoms with Gasteiger partial charge in [0.2, 0.25) is 0 Å². The number of hydrogen-bond acceptors (Lipinski definition) is 4. The van der Waals surface area contributed by atoms with Crippen LogP contribution < -0.4 is 16.2 Å². The summed E-state index contributed by atoms with van der Waals surface area (Å²) in [6.07, 6.45) is -3.23. The molecule has 36 heavy (non-hydrogen) atoms. The van der Waals surface area contributed by atoms with E-state index in [1.54, 1.807) is 29.7 Å². The number of aromatic nitrogens is 2. The number of fused-ring (bicyclic) bond motifs is 1. The summed E-state index contributed by atoms with van der Waals surface area (Å²) in [5.41, 5.74) is 0.328. The largest absolute Gasteiger partial charge is 0.417 e. The molecule has 4 rings (SSSR count). The molecule has 11 heteroatoms. The normalized spacial score (nSPS) is 11.5. The van der Waals surface area contributed by atoms with Crippen LogP contribution in [0, 0.1) is 6.92 Å². The maximum Gasteiger partial charge on any atom is 0.417 e. The predicted octanol–water partition coefficient (Wildman–Crippen LogP) is 5.81. The van der Waals surface area contributed by atoms with Crippen LogP contribution in [0.5, 0.6) is 0 Å². The predicted molar refractivity (Wildman–Crippen MR) is 132 cm³/mol. The van der Waals surface area contributed by atoms with E-state index in [9.17, 15) is 22.8 Å². The molecule has 0 bridgehead atoms. The molecule has 1 heterocycles. The van der Waals surface area contributed by atoms with E-state index in [0.717, 1.165) is 12.1 Å². The summed E-state index contributed by atoms with van der Waals surface area (Å²) in [7, 11) is 0. The summed E-state index contributed by atoms with van der Waals surface area (Å²) in [5.74, 6) is 4.40. The summed E-state index contributed by atoms with van der Waals surface area (Å²) in [6.45, 7) is 4.09. The molecule has 2 amide bonds. The molecule has 7 nitrogen and oxygen atoms in total. The first-order valence-electron chi connectivity index (χ1n) is 10.8. The zero-order valence-electron chi connectivity index (χ0n) is 19.2. The van der Waals surface area contributed by atoms with Crippen LogP contribution in [0.3, 0.4) is 0 Å². The highest BCUT2D eigenvalue weighted by Crippen LogP contribution is 2.33. The molecule has 186 valence electrons. The number of anilines is 2.